The van der Waals surface area contributed by atoms with Gasteiger partial charge < -0.3 is 15.4 Å². The molecule has 4 nitrogen and oxygen atoms in total. The zero-order chi connectivity index (χ0) is 17.5. The Balaban J connectivity index is 1.87. The molecule has 0 aromatic heterocycles. The minimum absolute atomic E-state index is 0.0184. The van der Waals surface area contributed by atoms with E-state index in [1.807, 2.05) is 63.2 Å². The highest BCUT2D eigenvalue weighted by Crippen LogP contribution is 2.25. The van der Waals surface area contributed by atoms with Gasteiger partial charge in [0.15, 0.2) is 0 Å². The molecule has 2 aromatic rings. The molecule has 0 saturated carbocycles. The summed E-state index contributed by atoms with van der Waals surface area (Å²) in [5, 5.41) is 6.21. The number of para-hydroxylation sites is 2. The van der Waals surface area contributed by atoms with E-state index in [1.165, 1.54) is 0 Å². The molecule has 0 heterocycles. The van der Waals surface area contributed by atoms with Gasteiger partial charge in [0.1, 0.15) is 5.75 Å². The number of hydrogen-bond acceptors (Lipinski definition) is 3. The molecule has 0 radical (unpaired) electrons. The van der Waals surface area contributed by atoms with Gasteiger partial charge in [0.2, 0.25) is 5.91 Å². The highest BCUT2D eigenvalue weighted by Gasteiger charge is 2.07. The van der Waals surface area contributed by atoms with E-state index in [9.17, 15) is 4.79 Å². The summed E-state index contributed by atoms with van der Waals surface area (Å²) in [5.41, 5.74) is 2.77. The Kier molecular flexibility index (Phi) is 6.67. The third-order valence-corrected chi connectivity index (χ3v) is 3.87. The fraction of sp³-hybridized carbons (Fsp3) is 0.316. The largest absolute Gasteiger partial charge is 0.489 e. The fourth-order valence-corrected chi connectivity index (χ4v) is 2.74. The first-order valence-electron chi connectivity index (χ1n) is 8.01. The highest BCUT2D eigenvalue weighted by atomic mass is 79.9. The smallest absolute Gasteiger partial charge is 0.226 e. The van der Waals surface area contributed by atoms with E-state index < -0.39 is 0 Å². The molecule has 0 bridgehead atoms. The summed E-state index contributed by atoms with van der Waals surface area (Å²) in [7, 11) is 0. The molecule has 0 unspecified atom stereocenters. The maximum atomic E-state index is 12.1. The fourth-order valence-electron chi connectivity index (χ4n) is 2.26. The second kappa shape index (κ2) is 8.73. The first-order chi connectivity index (χ1) is 11.5. The Hall–Kier alpha value is -2.01. The number of halogens is 1. The van der Waals surface area contributed by atoms with Crippen LogP contribution in [0.25, 0.3) is 0 Å². The summed E-state index contributed by atoms with van der Waals surface area (Å²) < 4.78 is 6.76. The van der Waals surface area contributed by atoms with Crippen LogP contribution in [0, 0.1) is 6.92 Å². The first kappa shape index (κ1) is 18.3. The van der Waals surface area contributed by atoms with Gasteiger partial charge in [0, 0.05) is 23.1 Å². The SMILES string of the molecule is Cc1cc(Br)ccc1NC(=O)CCNc1ccccc1OC(C)C. The standard InChI is InChI=1S/C19H23BrN2O2/c1-13(2)24-18-7-5-4-6-17(18)21-11-10-19(23)22-16-9-8-15(20)12-14(16)3/h4-9,12-13,21H,10-11H2,1-3H3,(H,22,23). The molecule has 2 aromatic carbocycles. The quantitative estimate of drug-likeness (QED) is 0.700. The molecule has 2 N–H and O–H groups in total. The van der Waals surface area contributed by atoms with Gasteiger partial charge in [-0.15, -0.1) is 0 Å². The number of benzene rings is 2. The van der Waals surface area contributed by atoms with E-state index in [1.54, 1.807) is 0 Å². The molecule has 0 atom stereocenters. The van der Waals surface area contributed by atoms with Crippen LogP contribution in [-0.4, -0.2) is 18.6 Å². The number of aryl methyl sites for hydroxylation is 1. The molecule has 0 aliphatic rings. The Morgan fingerprint density at radius 1 is 1.17 bits per heavy atom. The number of rotatable bonds is 7. The van der Waals surface area contributed by atoms with Crippen LogP contribution in [0.15, 0.2) is 46.9 Å². The predicted octanol–water partition coefficient (Wildman–Crippen LogP) is 4.99. The van der Waals surface area contributed by atoms with Crippen molar-refractivity contribution in [3.8, 4) is 5.75 Å². The summed E-state index contributed by atoms with van der Waals surface area (Å²) in [5.74, 6) is 0.784. The molecule has 0 aliphatic carbocycles. The number of carbonyl (C=O) groups is 1. The molecular formula is C19H23BrN2O2. The van der Waals surface area contributed by atoms with Crippen molar-refractivity contribution in [1.29, 1.82) is 0 Å². The van der Waals surface area contributed by atoms with Crippen LogP contribution >= 0.6 is 15.9 Å². The van der Waals surface area contributed by atoms with Crippen LogP contribution in [0.4, 0.5) is 11.4 Å². The van der Waals surface area contributed by atoms with E-state index in [0.717, 1.165) is 27.2 Å². The van der Waals surface area contributed by atoms with Crippen LogP contribution in [0.2, 0.25) is 0 Å². The molecule has 0 saturated heterocycles. The van der Waals surface area contributed by atoms with Crippen molar-refractivity contribution in [2.24, 2.45) is 0 Å². The summed E-state index contributed by atoms with van der Waals surface area (Å²) in [6.45, 7) is 6.49. The van der Waals surface area contributed by atoms with Gasteiger partial charge in [-0.3, -0.25) is 4.79 Å². The van der Waals surface area contributed by atoms with Crippen LogP contribution < -0.4 is 15.4 Å². The summed E-state index contributed by atoms with van der Waals surface area (Å²) in [4.78, 5) is 12.1. The molecule has 0 fully saturated rings. The summed E-state index contributed by atoms with van der Waals surface area (Å²) in [6, 6.07) is 13.6. The third-order valence-electron chi connectivity index (χ3n) is 3.38. The van der Waals surface area contributed by atoms with Crippen LogP contribution in [0.1, 0.15) is 25.8 Å². The van der Waals surface area contributed by atoms with Crippen molar-refractivity contribution >= 4 is 33.2 Å². The molecule has 5 heteroatoms. The average molecular weight is 391 g/mol. The van der Waals surface area contributed by atoms with E-state index in [4.69, 9.17) is 4.74 Å². The van der Waals surface area contributed by atoms with Crippen LogP contribution in [0.5, 0.6) is 5.75 Å². The Morgan fingerprint density at radius 2 is 1.92 bits per heavy atom. The Labute approximate surface area is 151 Å². The maximum absolute atomic E-state index is 12.1. The Bertz CT molecular complexity index is 702. The molecule has 0 aliphatic heterocycles. The van der Waals surface area contributed by atoms with Gasteiger partial charge >= 0.3 is 0 Å². The number of amides is 1. The zero-order valence-corrected chi connectivity index (χ0v) is 15.8. The van der Waals surface area contributed by atoms with Crippen molar-refractivity contribution < 1.29 is 9.53 Å². The normalized spacial score (nSPS) is 10.5. The molecule has 128 valence electrons. The lowest BCUT2D eigenvalue weighted by molar-refractivity contribution is -0.115. The summed E-state index contributed by atoms with van der Waals surface area (Å²) >= 11 is 3.42. The summed E-state index contributed by atoms with van der Waals surface area (Å²) in [6.07, 6.45) is 0.488. The van der Waals surface area contributed by atoms with E-state index in [0.29, 0.717) is 13.0 Å². The number of hydrogen-bond donors (Lipinski definition) is 2. The second-order valence-electron chi connectivity index (χ2n) is 5.85. The molecular weight excluding hydrogens is 368 g/mol. The maximum Gasteiger partial charge on any atom is 0.226 e. The molecule has 0 spiro atoms. The van der Waals surface area contributed by atoms with E-state index >= 15 is 0 Å². The van der Waals surface area contributed by atoms with Crippen molar-refractivity contribution in [2.45, 2.75) is 33.3 Å². The van der Waals surface area contributed by atoms with Gasteiger partial charge in [0.05, 0.1) is 11.8 Å². The van der Waals surface area contributed by atoms with Crippen LogP contribution in [-0.2, 0) is 4.79 Å². The number of carbonyl (C=O) groups excluding carboxylic acids is 1. The van der Waals surface area contributed by atoms with Crippen molar-refractivity contribution in [1.82, 2.24) is 0 Å². The predicted molar refractivity (Wildman–Crippen MR) is 103 cm³/mol. The number of ether oxygens (including phenoxy) is 1. The van der Waals surface area contributed by atoms with E-state index in [-0.39, 0.29) is 12.0 Å². The molecule has 2 rings (SSSR count). The molecule has 24 heavy (non-hydrogen) atoms. The van der Waals surface area contributed by atoms with Gasteiger partial charge in [-0.05, 0) is 56.7 Å². The molecule has 1 amide bonds. The number of anilines is 2. The highest BCUT2D eigenvalue weighted by molar-refractivity contribution is 9.10. The minimum Gasteiger partial charge on any atom is -0.489 e. The van der Waals surface area contributed by atoms with Gasteiger partial charge in [-0.2, -0.15) is 0 Å². The van der Waals surface area contributed by atoms with Crippen molar-refractivity contribution in [3.05, 3.63) is 52.5 Å². The number of nitrogens with one attached hydrogen (secondary N) is 2. The third kappa shape index (κ3) is 5.57. The average Bonchev–Trinajstić information content (AvgIpc) is 2.51. The lowest BCUT2D eigenvalue weighted by atomic mass is 10.2. The Morgan fingerprint density at radius 3 is 2.62 bits per heavy atom. The monoisotopic (exact) mass is 390 g/mol. The lowest BCUT2D eigenvalue weighted by Gasteiger charge is -2.15. The lowest BCUT2D eigenvalue weighted by Crippen LogP contribution is -2.17. The topological polar surface area (TPSA) is 50.4 Å². The minimum atomic E-state index is -0.0184. The zero-order valence-electron chi connectivity index (χ0n) is 14.2. The van der Waals surface area contributed by atoms with Gasteiger partial charge in [-0.1, -0.05) is 28.1 Å². The van der Waals surface area contributed by atoms with Gasteiger partial charge in [0.25, 0.3) is 0 Å². The van der Waals surface area contributed by atoms with Gasteiger partial charge in [-0.25, -0.2) is 0 Å². The van der Waals surface area contributed by atoms with E-state index in [2.05, 4.69) is 26.6 Å². The van der Waals surface area contributed by atoms with Crippen molar-refractivity contribution in [2.75, 3.05) is 17.2 Å². The van der Waals surface area contributed by atoms with Crippen LogP contribution in [0.3, 0.4) is 0 Å². The second-order valence-corrected chi connectivity index (χ2v) is 6.76. The van der Waals surface area contributed by atoms with Crippen molar-refractivity contribution in [3.63, 3.8) is 0 Å². The first-order valence-corrected chi connectivity index (χ1v) is 8.80.